The lowest BCUT2D eigenvalue weighted by atomic mass is 10.1. The lowest BCUT2D eigenvalue weighted by Crippen LogP contribution is -2.30. The SMILES string of the molecule is Nc1nc(-c2cc3ncn(CCCC(Nc4cn[nH]c(=O)c4C(F)(F)F)C4CC4)c(=O)c3cc2F)ncc1OC(F)F. The molecule has 0 radical (unpaired) electrons. The van der Waals surface area contributed by atoms with Gasteiger partial charge in [-0.1, -0.05) is 0 Å². The molecule has 1 aromatic carbocycles. The smallest absolute Gasteiger partial charge is 0.423 e. The minimum Gasteiger partial charge on any atom is -0.429 e. The van der Waals surface area contributed by atoms with E-state index in [1.807, 2.05) is 0 Å². The van der Waals surface area contributed by atoms with E-state index in [0.29, 0.717) is 12.8 Å². The van der Waals surface area contributed by atoms with Crippen molar-refractivity contribution >= 4 is 22.4 Å². The molecule has 0 saturated heterocycles. The second-order valence-corrected chi connectivity index (χ2v) is 9.63. The number of halogens is 6. The maximum absolute atomic E-state index is 15.0. The molecular formula is C25H22F6N8O3. The first kappa shape index (κ1) is 28.8. The quantitative estimate of drug-likeness (QED) is 0.231. The Bertz CT molecular complexity index is 1740. The average Bonchev–Trinajstić information content (AvgIpc) is 3.75. The van der Waals surface area contributed by atoms with Gasteiger partial charge >= 0.3 is 12.8 Å². The highest BCUT2D eigenvalue weighted by atomic mass is 19.4. The molecule has 1 fully saturated rings. The number of nitrogen functional groups attached to an aromatic ring is 1. The van der Waals surface area contributed by atoms with E-state index < -0.39 is 58.6 Å². The van der Waals surface area contributed by atoms with Crippen LogP contribution in [0.5, 0.6) is 5.75 Å². The number of aromatic nitrogens is 6. The Hall–Kier alpha value is -4.70. The van der Waals surface area contributed by atoms with Gasteiger partial charge in [-0.25, -0.2) is 24.4 Å². The van der Waals surface area contributed by atoms with Gasteiger partial charge in [-0.05, 0) is 43.7 Å². The van der Waals surface area contributed by atoms with E-state index in [4.69, 9.17) is 5.73 Å². The standard InChI is InChI=1S/C25H22F6N8O3/c26-14-6-13-16(7-12(14)21-33-9-18(20(32)37-21)42-24(27)28)34-10-39(23(13)41)5-1-2-15(11-3-4-11)36-17-8-35-38-22(40)19(17)25(29,30)31/h6-11,15,24H,1-5H2,(H2,32,33,37)(H2,36,38,40). The van der Waals surface area contributed by atoms with Gasteiger partial charge in [-0.15, -0.1) is 0 Å². The number of nitrogens with one attached hydrogen (secondary N) is 2. The van der Waals surface area contributed by atoms with Crippen LogP contribution >= 0.6 is 0 Å². The number of benzene rings is 1. The number of alkyl halides is 5. The zero-order valence-electron chi connectivity index (χ0n) is 21.5. The normalized spacial score (nSPS) is 14.4. The highest BCUT2D eigenvalue weighted by Gasteiger charge is 2.39. The van der Waals surface area contributed by atoms with Crippen LogP contribution in [-0.4, -0.2) is 42.4 Å². The fraction of sp³-hybridized carbons (Fsp3) is 0.360. The maximum Gasteiger partial charge on any atom is 0.423 e. The molecule has 3 heterocycles. The van der Waals surface area contributed by atoms with Gasteiger partial charge in [-0.2, -0.15) is 27.1 Å². The molecule has 1 aliphatic rings. The maximum atomic E-state index is 15.0. The summed E-state index contributed by atoms with van der Waals surface area (Å²) < 4.78 is 85.7. The topological polar surface area (TPSA) is 154 Å². The number of nitrogens with zero attached hydrogens (tertiary/aromatic N) is 5. The van der Waals surface area contributed by atoms with Crippen molar-refractivity contribution < 1.29 is 31.1 Å². The zero-order chi connectivity index (χ0) is 30.2. The van der Waals surface area contributed by atoms with Gasteiger partial charge in [0.25, 0.3) is 11.1 Å². The summed E-state index contributed by atoms with van der Waals surface area (Å²) in [6.07, 6.45) is 0.499. The molecule has 1 saturated carbocycles. The van der Waals surface area contributed by atoms with Crippen LogP contribution in [0.2, 0.25) is 0 Å². The second-order valence-electron chi connectivity index (χ2n) is 9.63. The molecule has 222 valence electrons. The molecule has 17 heteroatoms. The van der Waals surface area contributed by atoms with Crippen molar-refractivity contribution in [3.63, 3.8) is 0 Å². The summed E-state index contributed by atoms with van der Waals surface area (Å²) in [7, 11) is 0. The predicted molar refractivity (Wildman–Crippen MR) is 137 cm³/mol. The summed E-state index contributed by atoms with van der Waals surface area (Å²) in [5.41, 5.74) is 1.87. The van der Waals surface area contributed by atoms with Crippen molar-refractivity contribution in [3.8, 4) is 17.1 Å². The van der Waals surface area contributed by atoms with Crippen LogP contribution in [0.15, 0.2) is 40.4 Å². The monoisotopic (exact) mass is 596 g/mol. The average molecular weight is 596 g/mol. The van der Waals surface area contributed by atoms with E-state index in [2.05, 4.69) is 30.1 Å². The van der Waals surface area contributed by atoms with Gasteiger partial charge in [0.05, 0.1) is 40.9 Å². The van der Waals surface area contributed by atoms with Crippen molar-refractivity contribution in [2.24, 2.45) is 5.92 Å². The van der Waals surface area contributed by atoms with Crippen molar-refractivity contribution in [1.82, 2.24) is 29.7 Å². The molecule has 0 aliphatic heterocycles. The highest BCUT2D eigenvalue weighted by molar-refractivity contribution is 5.82. The number of hydrogen-bond donors (Lipinski definition) is 3. The van der Waals surface area contributed by atoms with Gasteiger partial charge in [0.1, 0.15) is 11.4 Å². The van der Waals surface area contributed by atoms with E-state index in [0.717, 1.165) is 31.3 Å². The van der Waals surface area contributed by atoms with E-state index >= 15 is 0 Å². The Labute approximate surface area is 231 Å². The minimum atomic E-state index is -4.88. The molecule has 0 bridgehead atoms. The number of rotatable bonds is 10. The first-order valence-electron chi connectivity index (χ1n) is 12.6. The Morgan fingerprint density at radius 3 is 2.60 bits per heavy atom. The van der Waals surface area contributed by atoms with E-state index in [1.165, 1.54) is 17.0 Å². The second kappa shape index (κ2) is 11.3. The number of anilines is 2. The summed E-state index contributed by atoms with van der Waals surface area (Å²) in [6.45, 7) is -3.02. The summed E-state index contributed by atoms with van der Waals surface area (Å²) in [5, 5.41) is 8.04. The lowest BCUT2D eigenvalue weighted by molar-refractivity contribution is -0.138. The molecule has 0 spiro atoms. The molecular weight excluding hydrogens is 574 g/mol. The Balaban J connectivity index is 1.32. The summed E-state index contributed by atoms with van der Waals surface area (Å²) in [4.78, 5) is 36.7. The summed E-state index contributed by atoms with van der Waals surface area (Å²) in [6, 6.07) is 1.77. The van der Waals surface area contributed by atoms with Gasteiger partial charge in [-0.3, -0.25) is 14.2 Å². The number of hydrogen-bond acceptors (Lipinski definition) is 9. The minimum absolute atomic E-state index is 0.0503. The Morgan fingerprint density at radius 2 is 1.93 bits per heavy atom. The Morgan fingerprint density at radius 1 is 1.17 bits per heavy atom. The number of fused-ring (bicyclic) bond motifs is 1. The molecule has 4 N–H and O–H groups in total. The number of nitrogens with two attached hydrogens (primary N) is 1. The van der Waals surface area contributed by atoms with Crippen molar-refractivity contribution in [1.29, 1.82) is 0 Å². The molecule has 1 unspecified atom stereocenters. The fourth-order valence-electron chi connectivity index (χ4n) is 4.60. The molecule has 3 aromatic heterocycles. The van der Waals surface area contributed by atoms with E-state index in [1.54, 1.807) is 5.10 Å². The molecule has 4 aromatic rings. The van der Waals surface area contributed by atoms with Crippen LogP contribution in [0.1, 0.15) is 31.2 Å². The van der Waals surface area contributed by atoms with Crippen LogP contribution in [0.4, 0.5) is 37.8 Å². The molecule has 1 aliphatic carbocycles. The van der Waals surface area contributed by atoms with Gasteiger partial charge < -0.3 is 15.8 Å². The third-order valence-electron chi connectivity index (χ3n) is 6.74. The zero-order valence-corrected chi connectivity index (χ0v) is 21.5. The van der Waals surface area contributed by atoms with Gasteiger partial charge in [0, 0.05) is 12.6 Å². The van der Waals surface area contributed by atoms with Crippen LogP contribution < -0.4 is 26.9 Å². The predicted octanol–water partition coefficient (Wildman–Crippen LogP) is 3.95. The van der Waals surface area contributed by atoms with Crippen LogP contribution in [0, 0.1) is 11.7 Å². The first-order valence-corrected chi connectivity index (χ1v) is 12.6. The number of aryl methyl sites for hydroxylation is 1. The van der Waals surface area contributed by atoms with E-state index in [9.17, 15) is 35.9 Å². The van der Waals surface area contributed by atoms with Crippen molar-refractivity contribution in [2.45, 2.75) is 51.1 Å². The summed E-state index contributed by atoms with van der Waals surface area (Å²) in [5.74, 6) is -1.94. The molecule has 42 heavy (non-hydrogen) atoms. The molecule has 11 nitrogen and oxygen atoms in total. The Kier molecular flexibility index (Phi) is 7.74. The largest absolute Gasteiger partial charge is 0.429 e. The van der Waals surface area contributed by atoms with E-state index in [-0.39, 0.29) is 34.8 Å². The van der Waals surface area contributed by atoms with Crippen LogP contribution in [-0.2, 0) is 12.7 Å². The number of H-pyrrole nitrogens is 1. The van der Waals surface area contributed by atoms with Crippen LogP contribution in [0.3, 0.4) is 0 Å². The lowest BCUT2D eigenvalue weighted by Gasteiger charge is -2.21. The van der Waals surface area contributed by atoms with Crippen molar-refractivity contribution in [2.75, 3.05) is 11.1 Å². The number of aromatic amines is 1. The molecule has 5 rings (SSSR count). The van der Waals surface area contributed by atoms with Crippen molar-refractivity contribution in [3.05, 3.63) is 62.9 Å². The van der Waals surface area contributed by atoms with Gasteiger partial charge in [0.15, 0.2) is 17.4 Å². The molecule has 1 atom stereocenters. The first-order chi connectivity index (χ1) is 19.9. The molecule has 0 amide bonds. The third kappa shape index (κ3) is 6.13. The van der Waals surface area contributed by atoms with Crippen LogP contribution in [0.25, 0.3) is 22.3 Å². The van der Waals surface area contributed by atoms with Gasteiger partial charge in [0.2, 0.25) is 0 Å². The third-order valence-corrected chi connectivity index (χ3v) is 6.74. The number of ether oxygens (including phenoxy) is 1. The summed E-state index contributed by atoms with van der Waals surface area (Å²) >= 11 is 0. The highest BCUT2D eigenvalue weighted by Crippen LogP contribution is 2.38. The fourth-order valence-corrected chi connectivity index (χ4v) is 4.60.